The third-order valence-corrected chi connectivity index (χ3v) is 5.79. The van der Waals surface area contributed by atoms with Gasteiger partial charge in [0, 0.05) is 37.1 Å². The van der Waals surface area contributed by atoms with Crippen LogP contribution in [0.4, 0.5) is 0 Å². The molecule has 0 aromatic carbocycles. The van der Waals surface area contributed by atoms with E-state index in [4.69, 9.17) is 5.73 Å². The molecule has 8 heteroatoms. The monoisotopic (exact) mass is 394 g/mol. The number of halogens is 2. The molecular formula is C16H28Cl2N4OS. The summed E-state index contributed by atoms with van der Waals surface area (Å²) in [5.41, 5.74) is 6.06. The molecule has 1 saturated carbocycles. The lowest BCUT2D eigenvalue weighted by Gasteiger charge is -2.39. The van der Waals surface area contributed by atoms with Gasteiger partial charge in [-0.3, -0.25) is 4.79 Å². The van der Waals surface area contributed by atoms with Gasteiger partial charge in [0.15, 0.2) is 0 Å². The SMILES string of the molecule is Cl.Cl.NCc1nc(C(=O)NC2CCN(C3CCCCC3)CC2)cs1. The smallest absolute Gasteiger partial charge is 0.270 e. The Hall–Kier alpha value is -0.400. The predicted octanol–water partition coefficient (Wildman–Crippen LogP) is 2.97. The maximum atomic E-state index is 12.2. The number of piperidine rings is 1. The second kappa shape index (κ2) is 10.6. The van der Waals surface area contributed by atoms with Gasteiger partial charge in [0.05, 0.1) is 0 Å². The molecule has 1 saturated heterocycles. The molecule has 1 amide bonds. The first-order chi connectivity index (χ1) is 10.8. The molecule has 3 rings (SSSR count). The first kappa shape index (κ1) is 21.6. The minimum atomic E-state index is -0.0490. The third kappa shape index (κ3) is 5.56. The fourth-order valence-corrected chi connectivity index (χ4v) is 4.28. The molecule has 0 bridgehead atoms. The fraction of sp³-hybridized carbons (Fsp3) is 0.750. The molecule has 1 aliphatic heterocycles. The van der Waals surface area contributed by atoms with Crippen molar-refractivity contribution in [3.8, 4) is 0 Å². The van der Waals surface area contributed by atoms with E-state index in [1.807, 2.05) is 0 Å². The summed E-state index contributed by atoms with van der Waals surface area (Å²) in [6.07, 6.45) is 8.99. The highest BCUT2D eigenvalue weighted by Crippen LogP contribution is 2.25. The molecule has 0 radical (unpaired) electrons. The molecule has 2 aliphatic rings. The molecule has 1 aliphatic carbocycles. The van der Waals surface area contributed by atoms with Gasteiger partial charge in [-0.1, -0.05) is 19.3 Å². The van der Waals surface area contributed by atoms with E-state index in [1.54, 1.807) is 5.38 Å². The highest BCUT2D eigenvalue weighted by molar-refractivity contribution is 7.09. The second-order valence-electron chi connectivity index (χ2n) is 6.41. The summed E-state index contributed by atoms with van der Waals surface area (Å²) in [6, 6.07) is 1.08. The van der Waals surface area contributed by atoms with Crippen molar-refractivity contribution in [2.24, 2.45) is 5.73 Å². The van der Waals surface area contributed by atoms with Crippen LogP contribution >= 0.6 is 36.2 Å². The molecule has 0 spiro atoms. The highest BCUT2D eigenvalue weighted by Gasteiger charge is 2.27. The van der Waals surface area contributed by atoms with E-state index in [-0.39, 0.29) is 36.8 Å². The maximum absolute atomic E-state index is 12.2. The Morgan fingerprint density at radius 2 is 1.88 bits per heavy atom. The first-order valence-electron chi connectivity index (χ1n) is 8.45. The van der Waals surface area contributed by atoms with Crippen LogP contribution < -0.4 is 11.1 Å². The number of nitrogens with zero attached hydrogens (tertiary/aromatic N) is 2. The van der Waals surface area contributed by atoms with E-state index >= 15 is 0 Å². The van der Waals surface area contributed by atoms with Crippen molar-refractivity contribution in [1.82, 2.24) is 15.2 Å². The van der Waals surface area contributed by atoms with E-state index in [9.17, 15) is 4.79 Å². The number of nitrogens with one attached hydrogen (secondary N) is 1. The van der Waals surface area contributed by atoms with E-state index < -0.39 is 0 Å². The Kier molecular flexibility index (Phi) is 9.52. The molecule has 1 aromatic heterocycles. The van der Waals surface area contributed by atoms with Gasteiger partial charge in [-0.15, -0.1) is 36.2 Å². The van der Waals surface area contributed by atoms with Gasteiger partial charge in [0.25, 0.3) is 5.91 Å². The molecule has 1 aromatic rings. The van der Waals surface area contributed by atoms with Gasteiger partial charge < -0.3 is 16.0 Å². The number of carbonyl (C=O) groups excluding carboxylic acids is 1. The molecule has 0 unspecified atom stereocenters. The molecule has 2 heterocycles. The van der Waals surface area contributed by atoms with E-state index in [1.165, 1.54) is 43.4 Å². The number of likely N-dealkylation sites (tertiary alicyclic amines) is 1. The first-order valence-corrected chi connectivity index (χ1v) is 9.33. The summed E-state index contributed by atoms with van der Waals surface area (Å²) in [7, 11) is 0. The average molecular weight is 395 g/mol. The Bertz CT molecular complexity index is 500. The quantitative estimate of drug-likeness (QED) is 0.822. The van der Waals surface area contributed by atoms with Crippen molar-refractivity contribution in [2.75, 3.05) is 13.1 Å². The molecule has 2 fully saturated rings. The van der Waals surface area contributed by atoms with Gasteiger partial charge in [-0.25, -0.2) is 4.98 Å². The topological polar surface area (TPSA) is 71.2 Å². The van der Waals surface area contributed by atoms with Crippen molar-refractivity contribution in [1.29, 1.82) is 0 Å². The average Bonchev–Trinajstić information content (AvgIpc) is 3.06. The zero-order valence-electron chi connectivity index (χ0n) is 13.9. The number of nitrogens with two attached hydrogens (primary N) is 1. The fourth-order valence-electron chi connectivity index (χ4n) is 3.62. The van der Waals surface area contributed by atoms with Crippen molar-refractivity contribution >= 4 is 42.1 Å². The van der Waals surface area contributed by atoms with Gasteiger partial charge in [0.2, 0.25) is 0 Å². The number of hydrogen-bond donors (Lipinski definition) is 2. The zero-order chi connectivity index (χ0) is 15.4. The normalized spacial score (nSPS) is 20.0. The zero-order valence-corrected chi connectivity index (χ0v) is 16.4. The predicted molar refractivity (Wildman–Crippen MR) is 103 cm³/mol. The summed E-state index contributed by atoms with van der Waals surface area (Å²) >= 11 is 1.45. The number of thiazole rings is 1. The van der Waals surface area contributed by atoms with E-state index in [0.29, 0.717) is 12.2 Å². The third-order valence-electron chi connectivity index (χ3n) is 4.91. The molecule has 3 N–H and O–H groups in total. The van der Waals surface area contributed by atoms with Crippen LogP contribution in [0, 0.1) is 0 Å². The van der Waals surface area contributed by atoms with Gasteiger partial charge in [-0.05, 0) is 25.7 Å². The summed E-state index contributed by atoms with van der Waals surface area (Å²) in [6.45, 7) is 2.62. The molecule has 5 nitrogen and oxygen atoms in total. The standard InChI is InChI=1S/C16H26N4OS.2ClH/c17-10-15-19-14(11-22-15)16(21)18-12-6-8-20(9-7-12)13-4-2-1-3-5-13;;/h11-13H,1-10,17H2,(H,18,21);2*1H. The van der Waals surface area contributed by atoms with Crippen LogP contribution in [0.3, 0.4) is 0 Å². The summed E-state index contributed by atoms with van der Waals surface area (Å²) in [4.78, 5) is 19.1. The summed E-state index contributed by atoms with van der Waals surface area (Å²) in [5, 5.41) is 5.75. The largest absolute Gasteiger partial charge is 0.348 e. The van der Waals surface area contributed by atoms with Crippen LogP contribution in [0.25, 0.3) is 0 Å². The summed E-state index contributed by atoms with van der Waals surface area (Å²) in [5.74, 6) is -0.0490. The summed E-state index contributed by atoms with van der Waals surface area (Å²) < 4.78 is 0. The van der Waals surface area contributed by atoms with Crippen molar-refractivity contribution in [3.05, 3.63) is 16.1 Å². The van der Waals surface area contributed by atoms with Crippen LogP contribution in [-0.2, 0) is 6.54 Å². The highest BCUT2D eigenvalue weighted by atomic mass is 35.5. The van der Waals surface area contributed by atoms with Crippen LogP contribution in [0.1, 0.15) is 60.4 Å². The van der Waals surface area contributed by atoms with Crippen LogP contribution in [-0.4, -0.2) is 41.0 Å². The lowest BCUT2D eigenvalue weighted by Crippen LogP contribution is -2.48. The lowest BCUT2D eigenvalue weighted by atomic mass is 9.92. The molecular weight excluding hydrogens is 367 g/mol. The van der Waals surface area contributed by atoms with Gasteiger partial charge >= 0.3 is 0 Å². The van der Waals surface area contributed by atoms with Gasteiger partial charge in [0.1, 0.15) is 10.7 Å². The second-order valence-corrected chi connectivity index (χ2v) is 7.35. The van der Waals surface area contributed by atoms with Crippen molar-refractivity contribution in [3.63, 3.8) is 0 Å². The number of rotatable bonds is 4. The number of aromatic nitrogens is 1. The van der Waals surface area contributed by atoms with Crippen LogP contribution in [0.2, 0.25) is 0 Å². The number of carbonyl (C=O) groups is 1. The van der Waals surface area contributed by atoms with Crippen molar-refractivity contribution < 1.29 is 4.79 Å². The van der Waals surface area contributed by atoms with Crippen LogP contribution in [0.15, 0.2) is 5.38 Å². The minimum absolute atomic E-state index is 0. The maximum Gasteiger partial charge on any atom is 0.270 e. The van der Waals surface area contributed by atoms with E-state index in [2.05, 4.69) is 15.2 Å². The Morgan fingerprint density at radius 3 is 2.46 bits per heavy atom. The Balaban J connectivity index is 0.00000144. The van der Waals surface area contributed by atoms with Crippen LogP contribution in [0.5, 0.6) is 0 Å². The molecule has 0 atom stereocenters. The van der Waals surface area contributed by atoms with Crippen molar-refractivity contribution in [2.45, 2.75) is 63.6 Å². The number of amides is 1. The molecule has 24 heavy (non-hydrogen) atoms. The van der Waals surface area contributed by atoms with E-state index in [0.717, 1.165) is 37.0 Å². The van der Waals surface area contributed by atoms with Gasteiger partial charge in [-0.2, -0.15) is 0 Å². The Labute approximate surface area is 160 Å². The molecule has 138 valence electrons. The minimum Gasteiger partial charge on any atom is -0.348 e. The number of hydrogen-bond acceptors (Lipinski definition) is 5. The lowest BCUT2D eigenvalue weighted by molar-refractivity contribution is 0.0861. The Morgan fingerprint density at radius 1 is 1.21 bits per heavy atom.